The van der Waals surface area contributed by atoms with Gasteiger partial charge in [-0.2, -0.15) is 0 Å². The summed E-state index contributed by atoms with van der Waals surface area (Å²) in [6, 6.07) is 1.19. The summed E-state index contributed by atoms with van der Waals surface area (Å²) >= 11 is 1.19. The molecule has 2 aromatic rings. The third kappa shape index (κ3) is 4.24. The molecule has 0 saturated heterocycles. The number of aryl methyl sites for hydroxylation is 1. The van der Waals surface area contributed by atoms with Crippen molar-refractivity contribution in [2.45, 2.75) is 18.4 Å². The molecule has 25 heavy (non-hydrogen) atoms. The summed E-state index contributed by atoms with van der Waals surface area (Å²) in [6.07, 6.45) is 0.365. The number of carboxylic acids is 1. The van der Waals surface area contributed by atoms with Gasteiger partial charge in [0.25, 0.3) is 15.9 Å². The SMILES string of the molecule is Cc1oc(S(=O)(=O)N(C)C)cc1C(=O)NCCc1nc(C(=O)O)cs1. The number of hydrogen-bond acceptors (Lipinski definition) is 7. The molecule has 0 bridgehead atoms. The molecule has 0 fully saturated rings. The van der Waals surface area contributed by atoms with E-state index in [4.69, 9.17) is 9.52 Å². The van der Waals surface area contributed by atoms with Crippen LogP contribution in [0.2, 0.25) is 0 Å². The van der Waals surface area contributed by atoms with E-state index in [1.165, 1.54) is 43.8 Å². The molecule has 11 heteroatoms. The molecule has 0 aliphatic carbocycles. The lowest BCUT2D eigenvalue weighted by Gasteiger charge is -2.07. The number of furan rings is 1. The first-order valence-electron chi connectivity index (χ1n) is 7.11. The van der Waals surface area contributed by atoms with Crippen molar-refractivity contribution < 1.29 is 27.5 Å². The predicted molar refractivity (Wildman–Crippen MR) is 89.4 cm³/mol. The number of nitrogens with zero attached hydrogens (tertiary/aromatic N) is 2. The number of carbonyl (C=O) groups excluding carboxylic acids is 1. The summed E-state index contributed by atoms with van der Waals surface area (Å²) in [4.78, 5) is 26.9. The lowest BCUT2D eigenvalue weighted by molar-refractivity contribution is 0.0690. The van der Waals surface area contributed by atoms with Crippen LogP contribution in [0.3, 0.4) is 0 Å². The number of nitrogens with one attached hydrogen (secondary N) is 1. The van der Waals surface area contributed by atoms with Crippen molar-refractivity contribution in [2.24, 2.45) is 0 Å². The van der Waals surface area contributed by atoms with E-state index in [1.807, 2.05) is 0 Å². The molecule has 2 N–H and O–H groups in total. The highest BCUT2D eigenvalue weighted by Gasteiger charge is 2.25. The van der Waals surface area contributed by atoms with E-state index in [1.54, 1.807) is 0 Å². The van der Waals surface area contributed by atoms with Gasteiger partial charge >= 0.3 is 5.97 Å². The first kappa shape index (κ1) is 19.1. The average molecular weight is 387 g/mol. The Morgan fingerprint density at radius 1 is 1.40 bits per heavy atom. The molecule has 0 atom stereocenters. The van der Waals surface area contributed by atoms with Gasteiger partial charge in [0, 0.05) is 38.5 Å². The van der Waals surface area contributed by atoms with Crippen LogP contribution in [-0.4, -0.2) is 55.3 Å². The molecule has 0 radical (unpaired) electrons. The predicted octanol–water partition coefficient (Wildman–Crippen LogP) is 0.966. The molecule has 9 nitrogen and oxygen atoms in total. The number of sulfonamides is 1. The Hall–Kier alpha value is -2.24. The lowest BCUT2D eigenvalue weighted by Crippen LogP contribution is -2.26. The Morgan fingerprint density at radius 3 is 2.64 bits per heavy atom. The lowest BCUT2D eigenvalue weighted by atomic mass is 10.2. The topological polar surface area (TPSA) is 130 Å². The van der Waals surface area contributed by atoms with E-state index in [2.05, 4.69) is 10.3 Å². The van der Waals surface area contributed by atoms with Crippen molar-refractivity contribution in [1.29, 1.82) is 0 Å². The Labute approximate surface area is 148 Å². The molecule has 1 amide bonds. The third-order valence-corrected chi connectivity index (χ3v) is 5.85. The highest BCUT2D eigenvalue weighted by atomic mass is 32.2. The van der Waals surface area contributed by atoms with Gasteiger partial charge in [0.05, 0.1) is 10.6 Å². The van der Waals surface area contributed by atoms with E-state index in [0.717, 1.165) is 4.31 Å². The number of carbonyl (C=O) groups is 2. The number of hydrogen-bond donors (Lipinski definition) is 2. The van der Waals surface area contributed by atoms with Gasteiger partial charge in [-0.15, -0.1) is 11.3 Å². The summed E-state index contributed by atoms with van der Waals surface area (Å²) < 4.78 is 30.2. The van der Waals surface area contributed by atoms with Crippen LogP contribution in [0, 0.1) is 6.92 Å². The minimum atomic E-state index is -3.76. The monoisotopic (exact) mass is 387 g/mol. The Kier molecular flexibility index (Phi) is 5.60. The first-order chi connectivity index (χ1) is 11.6. The molecule has 0 aromatic carbocycles. The second kappa shape index (κ2) is 7.33. The summed E-state index contributed by atoms with van der Waals surface area (Å²) in [6.45, 7) is 1.73. The Bertz CT molecular complexity index is 898. The highest BCUT2D eigenvalue weighted by molar-refractivity contribution is 7.88. The van der Waals surface area contributed by atoms with Gasteiger partial charge in [0.15, 0.2) is 5.69 Å². The molecule has 0 aliphatic rings. The second-order valence-electron chi connectivity index (χ2n) is 5.26. The second-order valence-corrected chi connectivity index (χ2v) is 8.29. The Morgan fingerprint density at radius 2 is 2.08 bits per heavy atom. The zero-order valence-electron chi connectivity index (χ0n) is 13.8. The van der Waals surface area contributed by atoms with Crippen molar-refractivity contribution in [3.05, 3.63) is 33.5 Å². The van der Waals surface area contributed by atoms with Crippen LogP contribution >= 0.6 is 11.3 Å². The van der Waals surface area contributed by atoms with Crippen molar-refractivity contribution in [3.63, 3.8) is 0 Å². The van der Waals surface area contributed by atoms with Crippen LogP contribution in [0.25, 0.3) is 0 Å². The molecule has 0 spiro atoms. The van der Waals surface area contributed by atoms with E-state index in [9.17, 15) is 18.0 Å². The van der Waals surface area contributed by atoms with Crippen molar-refractivity contribution >= 4 is 33.2 Å². The molecule has 136 valence electrons. The summed E-state index contributed by atoms with van der Waals surface area (Å²) in [7, 11) is -1.02. The zero-order valence-corrected chi connectivity index (χ0v) is 15.4. The number of thiazole rings is 1. The summed E-state index contributed by atoms with van der Waals surface area (Å²) in [5.41, 5.74) is 0.0985. The van der Waals surface area contributed by atoms with E-state index in [0.29, 0.717) is 11.4 Å². The third-order valence-electron chi connectivity index (χ3n) is 3.27. The number of amides is 1. The van der Waals surface area contributed by atoms with Crippen LogP contribution in [-0.2, 0) is 16.4 Å². The van der Waals surface area contributed by atoms with Crippen LogP contribution in [0.15, 0.2) is 21.0 Å². The van der Waals surface area contributed by atoms with Crippen molar-refractivity contribution in [3.8, 4) is 0 Å². The molecule has 2 aromatic heterocycles. The fourth-order valence-electron chi connectivity index (χ4n) is 1.89. The van der Waals surface area contributed by atoms with E-state index >= 15 is 0 Å². The van der Waals surface area contributed by atoms with Gasteiger partial charge < -0.3 is 14.8 Å². The number of rotatable bonds is 7. The molecular formula is C14H17N3O6S2. The minimum Gasteiger partial charge on any atom is -0.476 e. The quantitative estimate of drug-likeness (QED) is 0.724. The number of aromatic carboxylic acids is 1. The zero-order chi connectivity index (χ0) is 18.8. The molecule has 2 rings (SSSR count). The number of aromatic nitrogens is 1. The van der Waals surface area contributed by atoms with Gasteiger partial charge in [-0.3, -0.25) is 4.79 Å². The standard InChI is InChI=1S/C14H17N3O6S2/c1-8-9(6-12(23-8)25(21,22)17(2)3)13(18)15-5-4-11-16-10(7-24-11)14(19)20/h6-7H,4-5H2,1-3H3,(H,15,18)(H,19,20). The van der Waals surface area contributed by atoms with Gasteiger partial charge in [0.2, 0.25) is 5.09 Å². The van der Waals surface area contributed by atoms with Crippen LogP contribution in [0.5, 0.6) is 0 Å². The molecule has 0 unspecified atom stereocenters. The molecule has 0 saturated carbocycles. The smallest absolute Gasteiger partial charge is 0.355 e. The van der Waals surface area contributed by atoms with Crippen molar-refractivity contribution in [2.75, 3.05) is 20.6 Å². The van der Waals surface area contributed by atoms with E-state index in [-0.39, 0.29) is 28.7 Å². The molecule has 2 heterocycles. The Balaban J connectivity index is 2.01. The maximum atomic E-state index is 12.2. The largest absolute Gasteiger partial charge is 0.476 e. The molecular weight excluding hydrogens is 370 g/mol. The van der Waals surface area contributed by atoms with Gasteiger partial charge in [-0.1, -0.05) is 0 Å². The molecule has 0 aliphatic heterocycles. The van der Waals surface area contributed by atoms with Gasteiger partial charge in [-0.25, -0.2) is 22.5 Å². The van der Waals surface area contributed by atoms with Gasteiger partial charge in [-0.05, 0) is 6.92 Å². The normalized spacial score (nSPS) is 11.7. The summed E-state index contributed by atoms with van der Waals surface area (Å²) in [5.74, 6) is -1.38. The fraction of sp³-hybridized carbons (Fsp3) is 0.357. The average Bonchev–Trinajstić information content (AvgIpc) is 3.14. The maximum absolute atomic E-state index is 12.2. The first-order valence-corrected chi connectivity index (χ1v) is 9.43. The maximum Gasteiger partial charge on any atom is 0.355 e. The van der Waals surface area contributed by atoms with Gasteiger partial charge in [0.1, 0.15) is 5.76 Å². The van der Waals surface area contributed by atoms with Crippen LogP contribution in [0.1, 0.15) is 31.6 Å². The highest BCUT2D eigenvalue weighted by Crippen LogP contribution is 2.21. The van der Waals surface area contributed by atoms with Crippen molar-refractivity contribution in [1.82, 2.24) is 14.6 Å². The summed E-state index contributed by atoms with van der Waals surface area (Å²) in [5, 5.41) is 13.2. The fourth-order valence-corrected chi connectivity index (χ4v) is 3.52. The number of carboxylic acid groups (broad SMARTS) is 1. The minimum absolute atomic E-state index is 0.0319. The van der Waals surface area contributed by atoms with Crippen LogP contribution < -0.4 is 5.32 Å². The van der Waals surface area contributed by atoms with E-state index < -0.39 is 21.9 Å². The van der Waals surface area contributed by atoms with Crippen LogP contribution in [0.4, 0.5) is 0 Å².